The monoisotopic (exact) mass is 403 g/mol. The van der Waals surface area contributed by atoms with Crippen LogP contribution in [-0.4, -0.2) is 50.8 Å². The van der Waals surface area contributed by atoms with Crippen LogP contribution < -0.4 is 5.32 Å². The first-order valence-electron chi connectivity index (χ1n) is 8.85. The van der Waals surface area contributed by atoms with Crippen LogP contribution in [0.15, 0.2) is 23.6 Å². The fraction of sp³-hybridized carbons (Fsp3) is 0.421. The van der Waals surface area contributed by atoms with Gasteiger partial charge in [0.2, 0.25) is 0 Å². The van der Waals surface area contributed by atoms with Crippen molar-refractivity contribution in [3.8, 4) is 0 Å². The zero-order valence-electron chi connectivity index (χ0n) is 15.3. The standard InChI is InChI=1S/C19H21N3O3S2/c1-12-8-15(13(2)21(12)9-14-4-3-6-27-14)16(23)10-22-17(24)19(20-18(22)25)5-7-26-11-19/h3-4,6,8H,5,7,9-11H2,1-2H3,(H,20,25)/t19-/m1/s1. The van der Waals surface area contributed by atoms with Crippen molar-refractivity contribution < 1.29 is 14.4 Å². The number of rotatable bonds is 5. The predicted molar refractivity (Wildman–Crippen MR) is 107 cm³/mol. The topological polar surface area (TPSA) is 71.4 Å². The van der Waals surface area contributed by atoms with Crippen molar-refractivity contribution in [3.05, 3.63) is 45.4 Å². The number of urea groups is 1. The number of aromatic nitrogens is 1. The first-order chi connectivity index (χ1) is 12.9. The van der Waals surface area contributed by atoms with E-state index in [2.05, 4.69) is 16.0 Å². The van der Waals surface area contributed by atoms with Gasteiger partial charge in [-0.1, -0.05) is 6.07 Å². The number of Topliss-reactive ketones (excluding diaryl/α,β-unsaturated/α-hetero) is 1. The van der Waals surface area contributed by atoms with Crippen molar-refractivity contribution in [3.63, 3.8) is 0 Å². The van der Waals surface area contributed by atoms with Crippen LogP contribution in [0.1, 0.15) is 33.0 Å². The van der Waals surface area contributed by atoms with E-state index in [0.29, 0.717) is 24.3 Å². The van der Waals surface area contributed by atoms with E-state index >= 15 is 0 Å². The zero-order valence-corrected chi connectivity index (χ0v) is 16.9. The molecule has 142 valence electrons. The van der Waals surface area contributed by atoms with Crippen molar-refractivity contribution >= 4 is 40.8 Å². The van der Waals surface area contributed by atoms with Crippen LogP contribution in [0.3, 0.4) is 0 Å². The molecule has 0 aliphatic carbocycles. The Labute approximate surface area is 165 Å². The van der Waals surface area contributed by atoms with Crippen LogP contribution in [0.4, 0.5) is 4.79 Å². The summed E-state index contributed by atoms with van der Waals surface area (Å²) in [6, 6.07) is 5.47. The van der Waals surface area contributed by atoms with Gasteiger partial charge in [0.1, 0.15) is 5.54 Å². The molecule has 0 unspecified atom stereocenters. The quantitative estimate of drug-likeness (QED) is 0.616. The molecule has 3 amide bonds. The van der Waals surface area contributed by atoms with Crippen molar-refractivity contribution in [1.82, 2.24) is 14.8 Å². The number of aryl methyl sites for hydroxylation is 1. The first-order valence-corrected chi connectivity index (χ1v) is 10.9. The number of carbonyl (C=O) groups is 3. The average molecular weight is 404 g/mol. The number of imide groups is 1. The molecule has 2 saturated heterocycles. The van der Waals surface area contributed by atoms with Crippen LogP contribution in [0.5, 0.6) is 0 Å². The highest BCUT2D eigenvalue weighted by Gasteiger charge is 2.53. The number of thiophene rings is 1. The van der Waals surface area contributed by atoms with Gasteiger partial charge in [-0.25, -0.2) is 4.79 Å². The number of hydrogen-bond donors (Lipinski definition) is 1. The molecule has 0 bridgehead atoms. The Kier molecular flexibility index (Phi) is 4.63. The lowest BCUT2D eigenvalue weighted by atomic mass is 9.99. The maximum Gasteiger partial charge on any atom is 0.325 e. The summed E-state index contributed by atoms with van der Waals surface area (Å²) in [5.74, 6) is 0.958. The van der Waals surface area contributed by atoms with Crippen LogP contribution in [0.2, 0.25) is 0 Å². The summed E-state index contributed by atoms with van der Waals surface area (Å²) in [5, 5.41) is 4.84. The van der Waals surface area contributed by atoms with E-state index in [1.807, 2.05) is 31.4 Å². The third kappa shape index (κ3) is 3.10. The molecule has 2 fully saturated rings. The molecule has 2 aromatic rings. The maximum absolute atomic E-state index is 12.9. The summed E-state index contributed by atoms with van der Waals surface area (Å²) in [6.45, 7) is 4.39. The molecule has 8 heteroatoms. The Balaban J connectivity index is 1.53. The molecule has 27 heavy (non-hydrogen) atoms. The third-order valence-electron chi connectivity index (χ3n) is 5.34. The summed E-state index contributed by atoms with van der Waals surface area (Å²) in [4.78, 5) is 40.2. The van der Waals surface area contributed by atoms with Crippen LogP contribution >= 0.6 is 23.1 Å². The van der Waals surface area contributed by atoms with Gasteiger partial charge in [-0.2, -0.15) is 11.8 Å². The molecule has 2 aromatic heterocycles. The van der Waals surface area contributed by atoms with Gasteiger partial charge in [0, 0.05) is 27.6 Å². The van der Waals surface area contributed by atoms with E-state index in [1.54, 1.807) is 23.1 Å². The van der Waals surface area contributed by atoms with Crippen molar-refractivity contribution in [2.75, 3.05) is 18.1 Å². The average Bonchev–Trinajstić information content (AvgIpc) is 3.40. The van der Waals surface area contributed by atoms with Gasteiger partial charge >= 0.3 is 6.03 Å². The smallest absolute Gasteiger partial charge is 0.325 e. The Morgan fingerprint density at radius 1 is 1.33 bits per heavy atom. The number of amides is 3. The number of carbonyl (C=O) groups excluding carboxylic acids is 3. The number of nitrogens with zero attached hydrogens (tertiary/aromatic N) is 2. The van der Waals surface area contributed by atoms with E-state index in [1.165, 1.54) is 4.88 Å². The molecule has 1 atom stereocenters. The fourth-order valence-corrected chi connectivity index (χ4v) is 5.78. The van der Waals surface area contributed by atoms with E-state index < -0.39 is 11.6 Å². The van der Waals surface area contributed by atoms with E-state index in [0.717, 1.165) is 22.0 Å². The van der Waals surface area contributed by atoms with Gasteiger partial charge in [-0.3, -0.25) is 14.5 Å². The van der Waals surface area contributed by atoms with Gasteiger partial charge in [0.15, 0.2) is 5.78 Å². The second-order valence-corrected chi connectivity index (χ2v) is 9.22. The van der Waals surface area contributed by atoms with Gasteiger partial charge in [0.25, 0.3) is 5.91 Å². The predicted octanol–water partition coefficient (Wildman–Crippen LogP) is 2.82. The lowest BCUT2D eigenvalue weighted by Gasteiger charge is -2.19. The highest BCUT2D eigenvalue weighted by atomic mass is 32.2. The molecule has 4 heterocycles. The maximum atomic E-state index is 12.9. The van der Waals surface area contributed by atoms with Gasteiger partial charge in [-0.05, 0) is 43.5 Å². The summed E-state index contributed by atoms with van der Waals surface area (Å²) in [7, 11) is 0. The Morgan fingerprint density at radius 2 is 2.15 bits per heavy atom. The van der Waals surface area contributed by atoms with Crippen molar-refractivity contribution in [2.45, 2.75) is 32.4 Å². The molecule has 4 rings (SSSR count). The minimum absolute atomic E-state index is 0.202. The largest absolute Gasteiger partial charge is 0.343 e. The first kappa shape index (κ1) is 18.3. The lowest BCUT2D eigenvalue weighted by Crippen LogP contribution is -2.47. The lowest BCUT2D eigenvalue weighted by molar-refractivity contribution is -0.130. The molecule has 2 aliphatic heterocycles. The zero-order chi connectivity index (χ0) is 19.2. The molecule has 1 N–H and O–H groups in total. The van der Waals surface area contributed by atoms with Gasteiger partial charge in [-0.15, -0.1) is 11.3 Å². The van der Waals surface area contributed by atoms with Gasteiger partial charge in [0.05, 0.1) is 13.1 Å². The Bertz CT molecular complexity index is 911. The number of nitrogens with one attached hydrogen (secondary N) is 1. The number of ketones is 1. The van der Waals surface area contributed by atoms with E-state index in [9.17, 15) is 14.4 Å². The molecule has 1 spiro atoms. The normalized spacial score (nSPS) is 22.1. The number of hydrogen-bond acceptors (Lipinski definition) is 5. The molecular weight excluding hydrogens is 382 g/mol. The van der Waals surface area contributed by atoms with Crippen LogP contribution in [0, 0.1) is 13.8 Å². The molecule has 6 nitrogen and oxygen atoms in total. The van der Waals surface area contributed by atoms with E-state index in [-0.39, 0.29) is 18.2 Å². The Morgan fingerprint density at radius 3 is 2.81 bits per heavy atom. The molecular formula is C19H21N3O3S2. The second kappa shape index (κ2) is 6.83. The Hall–Kier alpha value is -2.06. The summed E-state index contributed by atoms with van der Waals surface area (Å²) < 4.78 is 2.10. The highest BCUT2D eigenvalue weighted by molar-refractivity contribution is 7.99. The highest BCUT2D eigenvalue weighted by Crippen LogP contribution is 2.33. The number of thioether (sulfide) groups is 1. The van der Waals surface area contributed by atoms with Gasteiger partial charge < -0.3 is 9.88 Å². The fourth-order valence-electron chi connectivity index (χ4n) is 3.77. The molecule has 0 radical (unpaired) electrons. The summed E-state index contributed by atoms with van der Waals surface area (Å²) >= 11 is 3.33. The SMILES string of the molecule is Cc1cc(C(=O)CN2C(=O)N[C@@]3(CCSC3)C2=O)c(C)n1Cc1cccs1. The molecule has 2 aliphatic rings. The van der Waals surface area contributed by atoms with Crippen LogP contribution in [0.25, 0.3) is 0 Å². The summed E-state index contributed by atoms with van der Waals surface area (Å²) in [5.41, 5.74) is 1.62. The van der Waals surface area contributed by atoms with E-state index in [4.69, 9.17) is 0 Å². The summed E-state index contributed by atoms with van der Waals surface area (Å²) in [6.07, 6.45) is 0.627. The van der Waals surface area contributed by atoms with Crippen molar-refractivity contribution in [1.29, 1.82) is 0 Å². The molecule has 0 aromatic carbocycles. The van der Waals surface area contributed by atoms with Crippen molar-refractivity contribution in [2.24, 2.45) is 0 Å². The molecule has 0 saturated carbocycles. The second-order valence-electron chi connectivity index (χ2n) is 7.08. The third-order valence-corrected chi connectivity index (χ3v) is 7.39. The minimum atomic E-state index is -0.807. The van der Waals surface area contributed by atoms with Crippen LogP contribution in [-0.2, 0) is 11.3 Å². The minimum Gasteiger partial charge on any atom is -0.343 e.